The Morgan fingerprint density at radius 1 is 1.31 bits per heavy atom. The second kappa shape index (κ2) is 6.62. The third-order valence-electron chi connectivity index (χ3n) is 2.44. The molecule has 0 saturated carbocycles. The van der Waals surface area contributed by atoms with Crippen molar-refractivity contribution in [3.63, 3.8) is 0 Å². The van der Waals surface area contributed by atoms with Crippen molar-refractivity contribution in [3.05, 3.63) is 18.5 Å². The number of hydrogen-bond acceptors (Lipinski definition) is 4. The zero-order valence-corrected chi connectivity index (χ0v) is 10.4. The van der Waals surface area contributed by atoms with Crippen LogP contribution in [0, 0.1) is 0 Å². The molecule has 5 heteroatoms. The summed E-state index contributed by atoms with van der Waals surface area (Å²) in [5.74, 6) is 0. The molecular formula is C11H21N3O2. The van der Waals surface area contributed by atoms with Crippen LogP contribution in [0.5, 0.6) is 0 Å². The Morgan fingerprint density at radius 3 is 2.50 bits per heavy atom. The zero-order chi connectivity index (χ0) is 12.0. The van der Waals surface area contributed by atoms with Gasteiger partial charge in [-0.05, 0) is 19.9 Å². The van der Waals surface area contributed by atoms with Crippen molar-refractivity contribution in [3.8, 4) is 0 Å². The lowest BCUT2D eigenvalue weighted by Gasteiger charge is -2.25. The topological polar surface area (TPSA) is 48.3 Å². The average molecular weight is 227 g/mol. The van der Waals surface area contributed by atoms with E-state index in [0.29, 0.717) is 6.04 Å². The third kappa shape index (κ3) is 3.92. The summed E-state index contributed by atoms with van der Waals surface area (Å²) in [5.41, 5.74) is 0. The highest BCUT2D eigenvalue weighted by Gasteiger charge is 2.17. The highest BCUT2D eigenvalue weighted by Crippen LogP contribution is 2.01. The molecule has 0 bridgehead atoms. The molecule has 0 aliphatic carbocycles. The van der Waals surface area contributed by atoms with Gasteiger partial charge in [0, 0.05) is 32.7 Å². The first kappa shape index (κ1) is 13.2. The minimum absolute atomic E-state index is 0.139. The van der Waals surface area contributed by atoms with Gasteiger partial charge >= 0.3 is 0 Å². The fourth-order valence-electron chi connectivity index (χ4n) is 1.77. The number of nitrogens with zero attached hydrogens (tertiary/aromatic N) is 2. The molecule has 1 aromatic heterocycles. The number of aromatic nitrogens is 2. The number of nitrogens with one attached hydrogen (secondary N) is 1. The van der Waals surface area contributed by atoms with Gasteiger partial charge in [0.2, 0.25) is 0 Å². The predicted octanol–water partition coefficient (Wildman–Crippen LogP) is 0.869. The third-order valence-corrected chi connectivity index (χ3v) is 2.44. The molecule has 0 aliphatic heterocycles. The van der Waals surface area contributed by atoms with Gasteiger partial charge in [-0.1, -0.05) is 0 Å². The standard InChI is InChI=1S/C11H21N3O2/c1-9(8-14-7-5-6-12-14)13-10(2)11(15-3)16-4/h5-7,9-11,13H,8H2,1-4H3. The molecule has 1 heterocycles. The summed E-state index contributed by atoms with van der Waals surface area (Å²) in [6, 6.07) is 2.37. The van der Waals surface area contributed by atoms with Gasteiger partial charge in [-0.3, -0.25) is 4.68 Å². The van der Waals surface area contributed by atoms with E-state index in [2.05, 4.69) is 17.3 Å². The molecule has 1 N–H and O–H groups in total. The lowest BCUT2D eigenvalue weighted by molar-refractivity contribution is -0.120. The first-order valence-corrected chi connectivity index (χ1v) is 5.46. The van der Waals surface area contributed by atoms with E-state index >= 15 is 0 Å². The summed E-state index contributed by atoms with van der Waals surface area (Å²) in [6.07, 6.45) is 3.51. The molecule has 2 unspecified atom stereocenters. The van der Waals surface area contributed by atoms with Crippen molar-refractivity contribution >= 4 is 0 Å². The van der Waals surface area contributed by atoms with E-state index in [1.807, 2.05) is 23.9 Å². The van der Waals surface area contributed by atoms with Crippen LogP contribution in [0.4, 0.5) is 0 Å². The normalized spacial score (nSPS) is 15.3. The van der Waals surface area contributed by atoms with Crippen LogP contribution in [0.2, 0.25) is 0 Å². The predicted molar refractivity (Wildman–Crippen MR) is 62.1 cm³/mol. The van der Waals surface area contributed by atoms with E-state index < -0.39 is 0 Å². The van der Waals surface area contributed by atoms with Crippen LogP contribution in [-0.2, 0) is 16.0 Å². The summed E-state index contributed by atoms with van der Waals surface area (Å²) in [6.45, 7) is 4.98. The maximum absolute atomic E-state index is 5.19. The molecule has 0 spiro atoms. The Bertz CT molecular complexity index is 273. The number of ether oxygens (including phenoxy) is 2. The molecule has 1 rings (SSSR count). The van der Waals surface area contributed by atoms with Crippen molar-refractivity contribution in [1.29, 1.82) is 0 Å². The van der Waals surface area contributed by atoms with Crippen LogP contribution in [0.1, 0.15) is 13.8 Å². The molecule has 16 heavy (non-hydrogen) atoms. The summed E-state index contributed by atoms with van der Waals surface area (Å²) in [5, 5.41) is 7.57. The first-order chi connectivity index (χ1) is 7.67. The Hall–Kier alpha value is -0.910. The fraction of sp³-hybridized carbons (Fsp3) is 0.727. The van der Waals surface area contributed by atoms with Crippen LogP contribution >= 0.6 is 0 Å². The molecular weight excluding hydrogens is 206 g/mol. The second-order valence-corrected chi connectivity index (χ2v) is 3.92. The summed E-state index contributed by atoms with van der Waals surface area (Å²) >= 11 is 0. The molecule has 2 atom stereocenters. The first-order valence-electron chi connectivity index (χ1n) is 5.46. The molecule has 0 amide bonds. The van der Waals surface area contributed by atoms with Crippen molar-refractivity contribution in [2.24, 2.45) is 0 Å². The van der Waals surface area contributed by atoms with E-state index in [0.717, 1.165) is 6.54 Å². The van der Waals surface area contributed by atoms with E-state index in [1.54, 1.807) is 20.4 Å². The quantitative estimate of drug-likeness (QED) is 0.702. The van der Waals surface area contributed by atoms with Gasteiger partial charge in [0.25, 0.3) is 0 Å². The highest BCUT2D eigenvalue weighted by atomic mass is 16.7. The molecule has 5 nitrogen and oxygen atoms in total. The summed E-state index contributed by atoms with van der Waals surface area (Å²) in [7, 11) is 3.29. The molecule has 1 aromatic rings. The molecule has 0 fully saturated rings. The zero-order valence-electron chi connectivity index (χ0n) is 10.4. The highest BCUT2D eigenvalue weighted by molar-refractivity contribution is 4.79. The number of methoxy groups -OCH3 is 2. The van der Waals surface area contributed by atoms with E-state index in [4.69, 9.17) is 9.47 Å². The van der Waals surface area contributed by atoms with Crippen LogP contribution in [-0.4, -0.2) is 42.4 Å². The van der Waals surface area contributed by atoms with Crippen molar-refractivity contribution in [1.82, 2.24) is 15.1 Å². The number of rotatable bonds is 7. The Kier molecular flexibility index (Phi) is 5.45. The largest absolute Gasteiger partial charge is 0.354 e. The Morgan fingerprint density at radius 2 is 2.00 bits per heavy atom. The fourth-order valence-corrected chi connectivity index (χ4v) is 1.77. The number of hydrogen-bond donors (Lipinski definition) is 1. The van der Waals surface area contributed by atoms with Gasteiger partial charge in [-0.15, -0.1) is 0 Å². The SMILES string of the molecule is COC(OC)C(C)NC(C)Cn1cccn1. The Labute approximate surface area is 96.7 Å². The molecule has 92 valence electrons. The molecule has 0 aliphatic rings. The summed E-state index contributed by atoms with van der Waals surface area (Å²) in [4.78, 5) is 0. The van der Waals surface area contributed by atoms with E-state index in [9.17, 15) is 0 Å². The van der Waals surface area contributed by atoms with Crippen LogP contribution in [0.15, 0.2) is 18.5 Å². The minimum atomic E-state index is -0.222. The minimum Gasteiger partial charge on any atom is -0.354 e. The second-order valence-electron chi connectivity index (χ2n) is 3.92. The van der Waals surface area contributed by atoms with E-state index in [-0.39, 0.29) is 12.3 Å². The maximum atomic E-state index is 5.19. The van der Waals surface area contributed by atoms with Crippen molar-refractivity contribution < 1.29 is 9.47 Å². The van der Waals surface area contributed by atoms with E-state index in [1.165, 1.54) is 0 Å². The smallest absolute Gasteiger partial charge is 0.171 e. The molecule has 0 aromatic carbocycles. The van der Waals surface area contributed by atoms with Crippen LogP contribution in [0.3, 0.4) is 0 Å². The maximum Gasteiger partial charge on any atom is 0.171 e. The van der Waals surface area contributed by atoms with Gasteiger partial charge in [-0.2, -0.15) is 5.10 Å². The van der Waals surface area contributed by atoms with Crippen molar-refractivity contribution in [2.45, 2.75) is 38.8 Å². The average Bonchev–Trinajstić information content (AvgIpc) is 2.71. The van der Waals surface area contributed by atoms with Gasteiger partial charge < -0.3 is 14.8 Å². The van der Waals surface area contributed by atoms with Crippen molar-refractivity contribution in [2.75, 3.05) is 14.2 Å². The molecule has 0 saturated heterocycles. The van der Waals surface area contributed by atoms with Gasteiger partial charge in [0.1, 0.15) is 0 Å². The lowest BCUT2D eigenvalue weighted by Crippen LogP contribution is -2.45. The Balaban J connectivity index is 2.35. The van der Waals surface area contributed by atoms with Crippen LogP contribution in [0.25, 0.3) is 0 Å². The lowest BCUT2D eigenvalue weighted by atomic mass is 10.2. The molecule has 0 radical (unpaired) electrons. The monoisotopic (exact) mass is 227 g/mol. The van der Waals surface area contributed by atoms with Gasteiger partial charge in [0.05, 0.1) is 12.6 Å². The van der Waals surface area contributed by atoms with Gasteiger partial charge in [0.15, 0.2) is 6.29 Å². The van der Waals surface area contributed by atoms with Crippen LogP contribution < -0.4 is 5.32 Å². The summed E-state index contributed by atoms with van der Waals surface area (Å²) < 4.78 is 12.3. The van der Waals surface area contributed by atoms with Gasteiger partial charge in [-0.25, -0.2) is 0 Å².